The molecule has 0 bridgehead atoms. The molecule has 1 fully saturated rings. The first-order valence-corrected chi connectivity index (χ1v) is 7.61. The molecule has 0 aromatic carbocycles. The van der Waals surface area contributed by atoms with Crippen LogP contribution in [-0.2, 0) is 10.8 Å². The molecule has 0 amide bonds. The average Bonchev–Trinajstić information content (AvgIpc) is 2.77. The molecule has 0 spiro atoms. The van der Waals surface area contributed by atoms with Gasteiger partial charge < -0.3 is 5.32 Å². The maximum Gasteiger partial charge on any atom is 0.0394 e. The van der Waals surface area contributed by atoms with Crippen LogP contribution in [0.3, 0.4) is 0 Å². The summed E-state index contributed by atoms with van der Waals surface area (Å²) in [4.78, 5) is 0. The highest BCUT2D eigenvalue weighted by Crippen LogP contribution is 2.24. The van der Waals surface area contributed by atoms with Gasteiger partial charge in [-0.05, 0) is 25.8 Å². The molecule has 1 aliphatic carbocycles. The predicted molar refractivity (Wildman–Crippen MR) is 67.6 cm³/mol. The zero-order valence-electron chi connectivity index (χ0n) is 10.3. The Hall–Kier alpha value is 0.110. The zero-order chi connectivity index (χ0) is 11.3. The summed E-state index contributed by atoms with van der Waals surface area (Å²) in [6.07, 6.45) is 6.09. The highest BCUT2D eigenvalue weighted by atomic mass is 32.2. The molecule has 0 aromatic heterocycles. The fourth-order valence-electron chi connectivity index (χ4n) is 2.28. The lowest BCUT2D eigenvalue weighted by Crippen LogP contribution is -2.38. The average molecular weight is 231 g/mol. The maximum absolute atomic E-state index is 12.1. The van der Waals surface area contributed by atoms with Crippen molar-refractivity contribution in [2.45, 2.75) is 57.2 Å². The maximum atomic E-state index is 12.1. The van der Waals surface area contributed by atoms with Gasteiger partial charge in [-0.15, -0.1) is 0 Å². The van der Waals surface area contributed by atoms with Crippen molar-refractivity contribution in [3.8, 4) is 0 Å². The molecule has 1 aliphatic rings. The Labute approximate surface area is 96.7 Å². The minimum Gasteiger partial charge on any atom is -0.316 e. The van der Waals surface area contributed by atoms with Gasteiger partial charge in [0.05, 0.1) is 0 Å². The molecule has 15 heavy (non-hydrogen) atoms. The van der Waals surface area contributed by atoms with Crippen LogP contribution in [0.25, 0.3) is 0 Å². The summed E-state index contributed by atoms with van der Waals surface area (Å²) in [5.74, 6) is 1.47. The van der Waals surface area contributed by atoms with Crippen molar-refractivity contribution in [1.29, 1.82) is 0 Å². The van der Waals surface area contributed by atoms with E-state index in [4.69, 9.17) is 0 Å². The van der Waals surface area contributed by atoms with Crippen LogP contribution in [0.1, 0.15) is 46.0 Å². The van der Waals surface area contributed by atoms with Gasteiger partial charge in [-0.3, -0.25) is 4.21 Å². The minimum absolute atomic E-state index is 0.427. The Balaban J connectivity index is 2.39. The third-order valence-electron chi connectivity index (χ3n) is 3.72. The van der Waals surface area contributed by atoms with E-state index >= 15 is 0 Å². The lowest BCUT2D eigenvalue weighted by Gasteiger charge is -2.23. The van der Waals surface area contributed by atoms with Crippen LogP contribution in [0.15, 0.2) is 0 Å². The topological polar surface area (TPSA) is 29.1 Å². The molecule has 1 N–H and O–H groups in total. The normalized spacial score (nSPS) is 23.9. The molecule has 3 heteroatoms. The van der Waals surface area contributed by atoms with Crippen molar-refractivity contribution in [2.24, 2.45) is 5.92 Å². The lowest BCUT2D eigenvalue weighted by molar-refractivity contribution is 0.417. The summed E-state index contributed by atoms with van der Waals surface area (Å²) in [6, 6.07) is 0.427. The molecule has 3 atom stereocenters. The summed E-state index contributed by atoms with van der Waals surface area (Å²) in [7, 11) is 1.38. The highest BCUT2D eigenvalue weighted by Gasteiger charge is 2.25. The van der Waals surface area contributed by atoms with E-state index in [0.29, 0.717) is 17.2 Å². The molecule has 0 heterocycles. The van der Waals surface area contributed by atoms with Crippen LogP contribution in [0, 0.1) is 5.92 Å². The van der Waals surface area contributed by atoms with Crippen LogP contribution in [0.2, 0.25) is 0 Å². The summed E-state index contributed by atoms with van der Waals surface area (Å²) >= 11 is 0. The summed E-state index contributed by atoms with van der Waals surface area (Å²) in [5, 5.41) is 3.80. The monoisotopic (exact) mass is 231 g/mol. The Kier molecular flexibility index (Phi) is 5.83. The Morgan fingerprint density at radius 3 is 2.47 bits per heavy atom. The van der Waals surface area contributed by atoms with Gasteiger partial charge in [0.25, 0.3) is 0 Å². The van der Waals surface area contributed by atoms with E-state index in [-0.39, 0.29) is 0 Å². The van der Waals surface area contributed by atoms with Crippen LogP contribution in [-0.4, -0.2) is 28.3 Å². The summed E-state index contributed by atoms with van der Waals surface area (Å²) < 4.78 is 12.1. The van der Waals surface area contributed by atoms with Crippen LogP contribution in [0.5, 0.6) is 0 Å². The Morgan fingerprint density at radius 2 is 2.00 bits per heavy atom. The molecule has 1 rings (SSSR count). The van der Waals surface area contributed by atoms with Crippen LogP contribution in [0.4, 0.5) is 0 Å². The van der Waals surface area contributed by atoms with E-state index in [9.17, 15) is 4.21 Å². The second kappa shape index (κ2) is 6.64. The summed E-state index contributed by atoms with van der Waals surface area (Å²) in [6.45, 7) is 4.44. The molecule has 0 radical (unpaired) electrons. The molecule has 0 aliphatic heterocycles. The highest BCUT2D eigenvalue weighted by molar-refractivity contribution is 7.85. The van der Waals surface area contributed by atoms with Crippen molar-refractivity contribution in [1.82, 2.24) is 5.32 Å². The molecule has 2 nitrogen and oxygen atoms in total. The Morgan fingerprint density at radius 1 is 1.40 bits per heavy atom. The standard InChI is InChI=1S/C12H25NOS/c1-4-10(2)12(13-3)9-15(14)11-7-5-6-8-11/h10-13H,4-9H2,1-3H3. The van der Waals surface area contributed by atoms with Gasteiger partial charge in [-0.2, -0.15) is 0 Å². The first-order valence-electron chi connectivity index (χ1n) is 6.23. The number of hydrogen-bond donors (Lipinski definition) is 1. The van der Waals surface area contributed by atoms with Gasteiger partial charge >= 0.3 is 0 Å². The molecular formula is C12H25NOS. The fraction of sp³-hybridized carbons (Fsp3) is 1.00. The first kappa shape index (κ1) is 13.2. The second-order valence-corrected chi connectivity index (χ2v) is 6.50. The number of rotatable bonds is 6. The quantitative estimate of drug-likeness (QED) is 0.760. The molecule has 3 unspecified atom stereocenters. The van der Waals surface area contributed by atoms with E-state index in [2.05, 4.69) is 19.2 Å². The largest absolute Gasteiger partial charge is 0.316 e. The minimum atomic E-state index is -0.610. The lowest BCUT2D eigenvalue weighted by atomic mass is 10.0. The van der Waals surface area contributed by atoms with Crippen molar-refractivity contribution < 1.29 is 4.21 Å². The number of hydrogen-bond acceptors (Lipinski definition) is 2. The van der Waals surface area contributed by atoms with Gasteiger partial charge in [0.2, 0.25) is 0 Å². The number of nitrogens with one attached hydrogen (secondary N) is 1. The third-order valence-corrected chi connectivity index (χ3v) is 5.62. The molecule has 0 saturated heterocycles. The molecule has 0 aromatic rings. The van der Waals surface area contributed by atoms with Crippen molar-refractivity contribution in [3.05, 3.63) is 0 Å². The Bertz CT molecular complexity index is 202. The third kappa shape index (κ3) is 3.87. The van der Waals surface area contributed by atoms with E-state index in [1.54, 1.807) is 0 Å². The summed E-state index contributed by atoms with van der Waals surface area (Å²) in [5.41, 5.74) is 0. The van der Waals surface area contributed by atoms with Crippen molar-refractivity contribution in [3.63, 3.8) is 0 Å². The second-order valence-electron chi connectivity index (χ2n) is 4.73. The predicted octanol–water partition coefficient (Wildman–Crippen LogP) is 2.31. The van der Waals surface area contributed by atoms with Gasteiger partial charge in [0, 0.05) is 27.8 Å². The molecule has 90 valence electrons. The fourth-order valence-corrected chi connectivity index (χ4v) is 4.26. The molecular weight excluding hydrogens is 206 g/mol. The van der Waals surface area contributed by atoms with E-state index in [1.807, 2.05) is 7.05 Å². The van der Waals surface area contributed by atoms with Crippen molar-refractivity contribution >= 4 is 10.8 Å². The van der Waals surface area contributed by atoms with Crippen LogP contribution < -0.4 is 5.32 Å². The smallest absolute Gasteiger partial charge is 0.0394 e. The van der Waals surface area contributed by atoms with E-state index < -0.39 is 10.8 Å². The van der Waals surface area contributed by atoms with E-state index in [1.165, 1.54) is 25.7 Å². The van der Waals surface area contributed by atoms with Gasteiger partial charge in [0.15, 0.2) is 0 Å². The van der Waals surface area contributed by atoms with Gasteiger partial charge in [-0.25, -0.2) is 0 Å². The molecule has 1 saturated carbocycles. The zero-order valence-corrected chi connectivity index (χ0v) is 11.1. The van der Waals surface area contributed by atoms with Gasteiger partial charge in [0.1, 0.15) is 0 Å². The van der Waals surface area contributed by atoms with E-state index in [0.717, 1.165) is 12.2 Å². The SMILES string of the molecule is CCC(C)C(CS(=O)C1CCCC1)NC. The van der Waals surface area contributed by atoms with Crippen molar-refractivity contribution in [2.75, 3.05) is 12.8 Å². The van der Waals surface area contributed by atoms with Gasteiger partial charge in [-0.1, -0.05) is 33.1 Å². The first-order chi connectivity index (χ1) is 7.19. The van der Waals surface area contributed by atoms with Crippen LogP contribution >= 0.6 is 0 Å².